The number of aryl methyl sites for hydroxylation is 1. The Kier molecular flexibility index (Phi) is 4.52. The first kappa shape index (κ1) is 16.6. The minimum absolute atomic E-state index is 0.148. The van der Waals surface area contributed by atoms with Crippen molar-refractivity contribution < 1.29 is 4.79 Å². The van der Waals surface area contributed by atoms with Gasteiger partial charge in [0, 0.05) is 34.3 Å². The molecular weight excluding hydrogens is 352 g/mol. The van der Waals surface area contributed by atoms with Crippen molar-refractivity contribution in [2.75, 3.05) is 5.75 Å². The number of aromatic nitrogens is 4. The summed E-state index contributed by atoms with van der Waals surface area (Å²) in [5.74, 6) is 1.35. The quantitative estimate of drug-likeness (QED) is 0.499. The number of ketones is 1. The number of nitrogens with zero attached hydrogens (tertiary/aromatic N) is 3. The molecule has 4 rings (SSSR count). The lowest BCUT2D eigenvalue weighted by atomic mass is 10.2. The van der Waals surface area contributed by atoms with Gasteiger partial charge in [-0.05, 0) is 44.2 Å². The van der Waals surface area contributed by atoms with Gasteiger partial charge >= 0.3 is 0 Å². The van der Waals surface area contributed by atoms with Crippen molar-refractivity contribution in [2.24, 2.45) is 0 Å². The Morgan fingerprint density at radius 2 is 2.28 bits per heavy atom. The van der Waals surface area contributed by atoms with E-state index in [0.717, 1.165) is 23.5 Å². The SMILES string of the molecule is Cc1cc(C(=O)CSc2n[nH]c(Cc3cccs3)n2)c(C)n1C1CC1. The van der Waals surface area contributed by atoms with Crippen LogP contribution in [-0.4, -0.2) is 31.3 Å². The third-order valence-electron chi connectivity index (χ3n) is 4.46. The van der Waals surface area contributed by atoms with Crippen LogP contribution in [0.4, 0.5) is 0 Å². The van der Waals surface area contributed by atoms with Crippen molar-refractivity contribution in [2.45, 2.75) is 44.3 Å². The van der Waals surface area contributed by atoms with Crippen LogP contribution in [0.2, 0.25) is 0 Å². The number of thiophene rings is 1. The van der Waals surface area contributed by atoms with Crippen LogP contribution in [0, 0.1) is 13.8 Å². The van der Waals surface area contributed by atoms with E-state index in [0.29, 0.717) is 17.0 Å². The Balaban J connectivity index is 1.39. The first-order chi connectivity index (χ1) is 12.1. The van der Waals surface area contributed by atoms with Crippen molar-refractivity contribution >= 4 is 28.9 Å². The van der Waals surface area contributed by atoms with Crippen molar-refractivity contribution in [3.63, 3.8) is 0 Å². The van der Waals surface area contributed by atoms with Crippen LogP contribution in [-0.2, 0) is 6.42 Å². The van der Waals surface area contributed by atoms with Crippen molar-refractivity contribution in [1.29, 1.82) is 0 Å². The summed E-state index contributed by atoms with van der Waals surface area (Å²) < 4.78 is 2.31. The third-order valence-corrected chi connectivity index (χ3v) is 6.19. The summed E-state index contributed by atoms with van der Waals surface area (Å²) in [6.45, 7) is 4.14. The predicted molar refractivity (Wildman–Crippen MR) is 101 cm³/mol. The van der Waals surface area contributed by atoms with Gasteiger partial charge in [0.2, 0.25) is 5.16 Å². The number of H-pyrrole nitrogens is 1. The van der Waals surface area contributed by atoms with Crippen LogP contribution >= 0.6 is 23.1 Å². The Labute approximate surface area is 154 Å². The molecule has 3 aromatic heterocycles. The molecule has 0 amide bonds. The normalized spacial score (nSPS) is 14.2. The van der Waals surface area contributed by atoms with Gasteiger partial charge in [-0.15, -0.1) is 16.4 Å². The summed E-state index contributed by atoms with van der Waals surface area (Å²) in [6, 6.07) is 6.74. The Bertz CT molecular complexity index is 890. The van der Waals surface area contributed by atoms with E-state index in [2.05, 4.69) is 45.0 Å². The zero-order valence-corrected chi connectivity index (χ0v) is 15.9. The van der Waals surface area contributed by atoms with E-state index < -0.39 is 0 Å². The van der Waals surface area contributed by atoms with Gasteiger partial charge in [-0.3, -0.25) is 9.89 Å². The van der Waals surface area contributed by atoms with Gasteiger partial charge in [0.1, 0.15) is 5.82 Å². The topological polar surface area (TPSA) is 63.6 Å². The molecule has 0 radical (unpaired) electrons. The Hall–Kier alpha value is -1.86. The fourth-order valence-corrected chi connectivity index (χ4v) is 4.57. The van der Waals surface area contributed by atoms with Crippen molar-refractivity contribution in [3.8, 4) is 0 Å². The molecule has 3 aromatic rings. The van der Waals surface area contributed by atoms with E-state index >= 15 is 0 Å². The lowest BCUT2D eigenvalue weighted by molar-refractivity contribution is 0.102. The zero-order chi connectivity index (χ0) is 17.4. The van der Waals surface area contributed by atoms with Gasteiger partial charge in [-0.2, -0.15) is 0 Å². The van der Waals surface area contributed by atoms with Gasteiger partial charge in [0.05, 0.1) is 5.75 Å². The lowest BCUT2D eigenvalue weighted by Gasteiger charge is -2.07. The maximum absolute atomic E-state index is 12.6. The number of nitrogens with one attached hydrogen (secondary N) is 1. The molecule has 1 N–H and O–H groups in total. The predicted octanol–water partition coefficient (Wildman–Crippen LogP) is 4.19. The van der Waals surface area contributed by atoms with E-state index in [-0.39, 0.29) is 5.78 Å². The van der Waals surface area contributed by atoms with E-state index in [1.807, 2.05) is 12.1 Å². The Morgan fingerprint density at radius 3 is 3.00 bits per heavy atom. The monoisotopic (exact) mass is 372 g/mol. The van der Waals surface area contributed by atoms with Gasteiger partial charge in [0.25, 0.3) is 0 Å². The number of hydrogen-bond donors (Lipinski definition) is 1. The first-order valence-electron chi connectivity index (χ1n) is 8.40. The molecule has 0 atom stereocenters. The van der Waals surface area contributed by atoms with Crippen LogP contribution in [0.25, 0.3) is 0 Å². The number of Topliss-reactive ketones (excluding diaryl/α,β-unsaturated/α-hetero) is 1. The summed E-state index contributed by atoms with van der Waals surface area (Å²) in [7, 11) is 0. The highest BCUT2D eigenvalue weighted by Gasteiger charge is 2.28. The average Bonchev–Trinajstić information content (AvgIpc) is 2.99. The Morgan fingerprint density at radius 1 is 1.44 bits per heavy atom. The minimum atomic E-state index is 0.148. The van der Waals surface area contributed by atoms with Crippen LogP contribution in [0.5, 0.6) is 0 Å². The molecule has 1 aliphatic rings. The van der Waals surface area contributed by atoms with Gasteiger partial charge < -0.3 is 4.57 Å². The third kappa shape index (κ3) is 3.57. The summed E-state index contributed by atoms with van der Waals surface area (Å²) in [5.41, 5.74) is 3.12. The van der Waals surface area contributed by atoms with Crippen molar-refractivity contribution in [1.82, 2.24) is 19.7 Å². The molecule has 0 aliphatic heterocycles. The number of aromatic amines is 1. The zero-order valence-electron chi connectivity index (χ0n) is 14.3. The molecule has 3 heterocycles. The summed E-state index contributed by atoms with van der Waals surface area (Å²) >= 11 is 3.10. The molecule has 0 bridgehead atoms. The fraction of sp³-hybridized carbons (Fsp3) is 0.389. The molecule has 1 aliphatic carbocycles. The van der Waals surface area contributed by atoms with E-state index in [9.17, 15) is 4.79 Å². The van der Waals surface area contributed by atoms with Crippen molar-refractivity contribution in [3.05, 3.63) is 51.2 Å². The molecule has 5 nitrogen and oxygen atoms in total. The highest BCUT2D eigenvalue weighted by Crippen LogP contribution is 2.38. The average molecular weight is 373 g/mol. The minimum Gasteiger partial charge on any atom is -0.345 e. The second-order valence-electron chi connectivity index (χ2n) is 6.42. The number of carbonyl (C=O) groups excluding carboxylic acids is 1. The van der Waals surface area contributed by atoms with Crippen LogP contribution in [0.15, 0.2) is 28.7 Å². The van der Waals surface area contributed by atoms with Gasteiger partial charge in [-0.1, -0.05) is 17.8 Å². The molecular formula is C18H20N4OS2. The molecule has 1 fully saturated rings. The standard InChI is InChI=1S/C18H20N4OS2/c1-11-8-15(12(2)22(11)13-5-6-13)16(23)10-25-18-19-17(20-21-18)9-14-4-3-7-24-14/h3-4,7-8,13H,5-6,9-10H2,1-2H3,(H,19,20,21). The van der Waals surface area contributed by atoms with Crippen LogP contribution < -0.4 is 0 Å². The molecule has 0 aromatic carbocycles. The van der Waals surface area contributed by atoms with E-state index in [1.54, 1.807) is 11.3 Å². The molecule has 0 saturated heterocycles. The highest BCUT2D eigenvalue weighted by atomic mass is 32.2. The molecule has 25 heavy (non-hydrogen) atoms. The van der Waals surface area contributed by atoms with Crippen LogP contribution in [0.3, 0.4) is 0 Å². The summed E-state index contributed by atoms with van der Waals surface area (Å²) in [5, 5.41) is 9.87. The van der Waals surface area contributed by atoms with E-state index in [1.165, 1.54) is 35.2 Å². The number of hydrogen-bond acceptors (Lipinski definition) is 5. The molecule has 7 heteroatoms. The molecule has 0 unspecified atom stereocenters. The maximum atomic E-state index is 12.6. The number of thioether (sulfide) groups is 1. The highest BCUT2D eigenvalue weighted by molar-refractivity contribution is 7.99. The second-order valence-corrected chi connectivity index (χ2v) is 8.39. The maximum Gasteiger partial charge on any atom is 0.208 e. The second kappa shape index (κ2) is 6.80. The molecule has 130 valence electrons. The number of carbonyl (C=O) groups is 1. The van der Waals surface area contributed by atoms with Crippen LogP contribution in [0.1, 0.15) is 51.3 Å². The fourth-order valence-electron chi connectivity index (χ4n) is 3.16. The molecule has 1 saturated carbocycles. The molecule has 0 spiro atoms. The first-order valence-corrected chi connectivity index (χ1v) is 10.3. The summed E-state index contributed by atoms with van der Waals surface area (Å²) in [4.78, 5) is 18.3. The summed E-state index contributed by atoms with van der Waals surface area (Å²) in [6.07, 6.45) is 3.20. The largest absolute Gasteiger partial charge is 0.345 e. The number of rotatable bonds is 7. The van der Waals surface area contributed by atoms with Gasteiger partial charge in [0.15, 0.2) is 5.78 Å². The lowest BCUT2D eigenvalue weighted by Crippen LogP contribution is -2.06. The van der Waals surface area contributed by atoms with E-state index in [4.69, 9.17) is 0 Å². The smallest absolute Gasteiger partial charge is 0.208 e. The van der Waals surface area contributed by atoms with Gasteiger partial charge in [-0.25, -0.2) is 4.98 Å².